The number of amides is 2. The molecule has 224 valence electrons. The summed E-state index contributed by atoms with van der Waals surface area (Å²) in [7, 11) is 1.33. The smallest absolute Gasteiger partial charge is 0.328 e. The van der Waals surface area contributed by atoms with Crippen LogP contribution >= 0.6 is 0 Å². The van der Waals surface area contributed by atoms with Gasteiger partial charge < -0.3 is 15.0 Å². The van der Waals surface area contributed by atoms with E-state index in [1.807, 2.05) is 39.0 Å². The molecule has 0 aliphatic heterocycles. The van der Waals surface area contributed by atoms with Gasteiger partial charge in [-0.1, -0.05) is 85.6 Å². The van der Waals surface area contributed by atoms with Gasteiger partial charge in [0.05, 0.1) is 7.11 Å². The predicted octanol–water partition coefficient (Wildman–Crippen LogP) is 6.72. The topological polar surface area (TPSA) is 88.6 Å². The van der Waals surface area contributed by atoms with E-state index in [-0.39, 0.29) is 11.6 Å². The van der Waals surface area contributed by atoms with Gasteiger partial charge in [0.15, 0.2) is 0 Å². The van der Waals surface area contributed by atoms with Crippen molar-refractivity contribution in [3.63, 3.8) is 0 Å². The molecule has 0 spiro atoms. The van der Waals surface area contributed by atoms with Gasteiger partial charge in [0, 0.05) is 29.2 Å². The molecule has 0 bridgehead atoms. The second-order valence-electron chi connectivity index (χ2n) is 13.7. The van der Waals surface area contributed by atoms with Crippen LogP contribution in [0.3, 0.4) is 0 Å². The van der Waals surface area contributed by atoms with E-state index in [2.05, 4.69) is 24.1 Å². The highest BCUT2D eigenvalue weighted by Gasteiger charge is 2.34. The molecular weight excluding hydrogens is 514 g/mol. The van der Waals surface area contributed by atoms with Crippen molar-refractivity contribution < 1.29 is 19.1 Å². The summed E-state index contributed by atoms with van der Waals surface area (Å²) in [4.78, 5) is 46.9. The van der Waals surface area contributed by atoms with Crippen LogP contribution < -0.4 is 5.32 Å². The molecular formula is C34H49N3O4. The molecule has 2 aliphatic carbocycles. The minimum atomic E-state index is -0.803. The zero-order valence-electron chi connectivity index (χ0n) is 25.9. The van der Waals surface area contributed by atoms with Crippen molar-refractivity contribution in [3.05, 3.63) is 41.2 Å². The van der Waals surface area contributed by atoms with Gasteiger partial charge in [-0.25, -0.2) is 9.78 Å². The normalized spacial score (nSPS) is 17.5. The van der Waals surface area contributed by atoms with E-state index < -0.39 is 23.3 Å². The number of rotatable bonds is 9. The van der Waals surface area contributed by atoms with E-state index in [1.165, 1.54) is 39.2 Å². The SMILES string of the molecule is COC(=O)C(NC(=O)c1cc2ccc(C(=O)N(CC(C)C)C3CCCCC3)cc2c(CC2CCCC2)n1)C(C)(C)C. The van der Waals surface area contributed by atoms with Crippen LogP contribution in [0, 0.1) is 17.3 Å². The van der Waals surface area contributed by atoms with E-state index in [1.54, 1.807) is 6.07 Å². The van der Waals surface area contributed by atoms with Crippen LogP contribution in [0.1, 0.15) is 119 Å². The first-order chi connectivity index (χ1) is 19.5. The highest BCUT2D eigenvalue weighted by molar-refractivity contribution is 6.02. The number of hydrogen-bond donors (Lipinski definition) is 1. The Kier molecular flexibility index (Phi) is 10.1. The Morgan fingerprint density at radius 3 is 2.27 bits per heavy atom. The highest BCUT2D eigenvalue weighted by Crippen LogP contribution is 2.32. The second kappa shape index (κ2) is 13.3. The Labute approximate surface area is 245 Å². The first kappa shape index (κ1) is 31.0. The van der Waals surface area contributed by atoms with Gasteiger partial charge in [-0.3, -0.25) is 9.59 Å². The molecule has 2 aromatic rings. The van der Waals surface area contributed by atoms with Crippen molar-refractivity contribution in [3.8, 4) is 0 Å². The number of benzene rings is 1. The fourth-order valence-corrected chi connectivity index (χ4v) is 6.51. The standard InChI is InChI=1S/C34H49N3O4/c1-22(2)21-37(26-14-8-7-9-15-26)32(39)25-17-16-24-20-29(31(38)36-30(33(40)41-6)34(3,4)5)35-28(27(24)19-25)18-23-12-10-11-13-23/h16-17,19-20,22-23,26,30H,7-15,18,21H2,1-6H3,(H,36,38). The number of ether oxygens (including phenoxy) is 1. The van der Waals surface area contributed by atoms with Gasteiger partial charge in [-0.2, -0.15) is 0 Å². The Hall–Kier alpha value is -2.96. The predicted molar refractivity (Wildman–Crippen MR) is 163 cm³/mol. The van der Waals surface area contributed by atoms with E-state index in [9.17, 15) is 14.4 Å². The molecule has 0 saturated heterocycles. The van der Waals surface area contributed by atoms with Crippen LogP contribution in [0.5, 0.6) is 0 Å². The maximum Gasteiger partial charge on any atom is 0.328 e. The molecule has 1 aromatic heterocycles. The van der Waals surface area contributed by atoms with E-state index in [0.29, 0.717) is 23.4 Å². The molecule has 4 rings (SSSR count). The van der Waals surface area contributed by atoms with E-state index >= 15 is 0 Å². The molecule has 0 radical (unpaired) electrons. The van der Waals surface area contributed by atoms with Crippen LogP contribution in [0.4, 0.5) is 0 Å². The van der Waals surface area contributed by atoms with Crippen LogP contribution in [0.2, 0.25) is 0 Å². The lowest BCUT2D eigenvalue weighted by molar-refractivity contribution is -0.145. The number of aromatic nitrogens is 1. The third kappa shape index (κ3) is 7.66. The number of esters is 1. The number of fused-ring (bicyclic) bond motifs is 1. The summed E-state index contributed by atoms with van der Waals surface area (Å²) in [5.41, 5.74) is 1.30. The largest absolute Gasteiger partial charge is 0.467 e. The zero-order valence-corrected chi connectivity index (χ0v) is 25.9. The van der Waals surface area contributed by atoms with Gasteiger partial charge in [0.25, 0.3) is 11.8 Å². The lowest BCUT2D eigenvalue weighted by atomic mass is 9.86. The van der Waals surface area contributed by atoms with Crippen molar-refractivity contribution in [2.75, 3.05) is 13.7 Å². The summed E-state index contributed by atoms with van der Waals surface area (Å²) in [5.74, 6) is 0.118. The summed E-state index contributed by atoms with van der Waals surface area (Å²) in [6.45, 7) is 10.8. The molecule has 1 unspecified atom stereocenters. The molecule has 1 atom stereocenters. The number of methoxy groups -OCH3 is 1. The number of nitrogens with zero attached hydrogens (tertiary/aromatic N) is 2. The lowest BCUT2D eigenvalue weighted by Crippen LogP contribution is -2.49. The highest BCUT2D eigenvalue weighted by atomic mass is 16.5. The number of carbonyl (C=O) groups excluding carboxylic acids is 3. The van der Waals surface area contributed by atoms with E-state index in [0.717, 1.165) is 55.1 Å². The summed E-state index contributed by atoms with van der Waals surface area (Å²) < 4.78 is 4.97. The van der Waals surface area contributed by atoms with Crippen molar-refractivity contribution in [1.82, 2.24) is 15.2 Å². The third-order valence-electron chi connectivity index (χ3n) is 8.76. The van der Waals surface area contributed by atoms with Gasteiger partial charge in [-0.05, 0) is 60.1 Å². The quantitative estimate of drug-likeness (QED) is 0.342. The van der Waals surface area contributed by atoms with Gasteiger partial charge in [0.2, 0.25) is 0 Å². The van der Waals surface area contributed by atoms with Crippen molar-refractivity contribution >= 4 is 28.6 Å². The number of hydrogen-bond acceptors (Lipinski definition) is 5. The fourth-order valence-electron chi connectivity index (χ4n) is 6.51. The number of nitrogens with one attached hydrogen (secondary N) is 1. The minimum Gasteiger partial charge on any atom is -0.467 e. The number of pyridine rings is 1. The first-order valence-electron chi connectivity index (χ1n) is 15.6. The van der Waals surface area contributed by atoms with Crippen molar-refractivity contribution in [2.24, 2.45) is 17.3 Å². The van der Waals surface area contributed by atoms with Crippen molar-refractivity contribution in [2.45, 2.75) is 111 Å². The van der Waals surface area contributed by atoms with Gasteiger partial charge in [-0.15, -0.1) is 0 Å². The Morgan fingerprint density at radius 1 is 1.00 bits per heavy atom. The minimum absolute atomic E-state index is 0.0900. The summed E-state index contributed by atoms with van der Waals surface area (Å²) in [6.07, 6.45) is 11.2. The monoisotopic (exact) mass is 563 g/mol. The molecule has 7 heteroatoms. The second-order valence-corrected chi connectivity index (χ2v) is 13.7. The van der Waals surface area contributed by atoms with Crippen LogP contribution in [-0.4, -0.2) is 53.4 Å². The molecule has 41 heavy (non-hydrogen) atoms. The maximum atomic E-state index is 14.0. The van der Waals surface area contributed by atoms with Crippen molar-refractivity contribution in [1.29, 1.82) is 0 Å². The molecule has 1 heterocycles. The van der Waals surface area contributed by atoms with Gasteiger partial charge >= 0.3 is 5.97 Å². The third-order valence-corrected chi connectivity index (χ3v) is 8.76. The van der Waals surface area contributed by atoms with Crippen LogP contribution in [-0.2, 0) is 16.0 Å². The van der Waals surface area contributed by atoms with Crippen LogP contribution in [0.25, 0.3) is 10.8 Å². The molecule has 1 aromatic carbocycles. The summed E-state index contributed by atoms with van der Waals surface area (Å²) in [6, 6.07) is 7.12. The fraction of sp³-hybridized carbons (Fsp3) is 0.647. The Bertz CT molecular complexity index is 1240. The average Bonchev–Trinajstić information content (AvgIpc) is 3.46. The van der Waals surface area contributed by atoms with E-state index in [4.69, 9.17) is 9.72 Å². The molecule has 2 fully saturated rings. The molecule has 1 N–H and O–H groups in total. The maximum absolute atomic E-state index is 14.0. The average molecular weight is 564 g/mol. The summed E-state index contributed by atoms with van der Waals surface area (Å²) >= 11 is 0. The number of carbonyl (C=O) groups is 3. The summed E-state index contributed by atoms with van der Waals surface area (Å²) in [5, 5.41) is 4.69. The van der Waals surface area contributed by atoms with Gasteiger partial charge in [0.1, 0.15) is 11.7 Å². The Balaban J connectivity index is 1.71. The Morgan fingerprint density at radius 2 is 1.66 bits per heavy atom. The zero-order chi connectivity index (χ0) is 29.7. The molecule has 2 amide bonds. The molecule has 7 nitrogen and oxygen atoms in total. The lowest BCUT2D eigenvalue weighted by Gasteiger charge is -2.35. The van der Waals surface area contributed by atoms with Crippen LogP contribution in [0.15, 0.2) is 24.3 Å². The first-order valence-corrected chi connectivity index (χ1v) is 15.6. The molecule has 2 aliphatic rings. The molecule has 2 saturated carbocycles.